The molecule has 0 atom stereocenters. The molecular formula is C12H11N3O. The van der Waals surface area contributed by atoms with Crippen LogP contribution in [0.3, 0.4) is 0 Å². The first-order chi connectivity index (χ1) is 7.65. The maximum absolute atomic E-state index is 10.8. The van der Waals surface area contributed by atoms with Crippen LogP contribution in [0.15, 0.2) is 24.3 Å². The molecule has 0 fully saturated rings. The maximum Gasteiger partial charge on any atom is 0.221 e. The lowest BCUT2D eigenvalue weighted by Crippen LogP contribution is -2.05. The fourth-order valence-corrected chi connectivity index (χ4v) is 1.28. The highest BCUT2D eigenvalue weighted by atomic mass is 16.1. The monoisotopic (exact) mass is 213 g/mol. The summed E-state index contributed by atoms with van der Waals surface area (Å²) in [7, 11) is 0. The average Bonchev–Trinajstić information content (AvgIpc) is 2.27. The largest absolute Gasteiger partial charge is 0.326 e. The lowest BCUT2D eigenvalue weighted by Gasteiger charge is -2.04. The number of amides is 1. The molecule has 0 saturated heterocycles. The Morgan fingerprint density at radius 2 is 1.88 bits per heavy atom. The van der Waals surface area contributed by atoms with Crippen LogP contribution in [0.1, 0.15) is 12.5 Å². The highest BCUT2D eigenvalue weighted by Gasteiger charge is 2.06. The van der Waals surface area contributed by atoms with Gasteiger partial charge in [0.2, 0.25) is 5.91 Å². The van der Waals surface area contributed by atoms with Crippen LogP contribution in [-0.2, 0) is 11.2 Å². The Bertz CT molecular complexity index is 437. The lowest BCUT2D eigenvalue weighted by molar-refractivity contribution is -0.114. The standard InChI is InChI=1S/C12H11N3O/c1-9(16)15-12-4-2-10(3-5-12)6-11(7-13)8-14/h2-5,11H,6H2,1H3,(H,15,16). The van der Waals surface area contributed by atoms with Crippen LogP contribution in [0.2, 0.25) is 0 Å². The number of hydrogen-bond donors (Lipinski definition) is 1. The molecule has 1 N–H and O–H groups in total. The molecule has 4 nitrogen and oxygen atoms in total. The van der Waals surface area contributed by atoms with Gasteiger partial charge < -0.3 is 5.32 Å². The van der Waals surface area contributed by atoms with Crippen molar-refractivity contribution in [2.75, 3.05) is 5.32 Å². The van der Waals surface area contributed by atoms with Crippen LogP contribution in [0.4, 0.5) is 5.69 Å². The number of nitrogens with one attached hydrogen (secondary N) is 1. The van der Waals surface area contributed by atoms with Crippen molar-refractivity contribution < 1.29 is 4.79 Å². The molecule has 0 bridgehead atoms. The topological polar surface area (TPSA) is 76.7 Å². The van der Waals surface area contributed by atoms with Crippen molar-refractivity contribution in [3.8, 4) is 12.1 Å². The molecule has 1 amide bonds. The fraction of sp³-hybridized carbons (Fsp3) is 0.250. The van der Waals surface area contributed by atoms with Gasteiger partial charge in [0.1, 0.15) is 5.92 Å². The molecule has 0 spiro atoms. The molecule has 1 aromatic carbocycles. The zero-order valence-electron chi connectivity index (χ0n) is 8.90. The van der Waals surface area contributed by atoms with E-state index in [1.807, 2.05) is 12.1 Å². The number of hydrogen-bond acceptors (Lipinski definition) is 3. The van der Waals surface area contributed by atoms with Crippen LogP contribution in [0, 0.1) is 28.6 Å². The van der Waals surface area contributed by atoms with Crippen LogP contribution in [0.25, 0.3) is 0 Å². The van der Waals surface area contributed by atoms with Crippen molar-refractivity contribution >= 4 is 11.6 Å². The number of carbonyl (C=O) groups excluding carboxylic acids is 1. The van der Waals surface area contributed by atoms with E-state index >= 15 is 0 Å². The number of nitriles is 2. The van der Waals surface area contributed by atoms with Gasteiger partial charge in [0.15, 0.2) is 0 Å². The summed E-state index contributed by atoms with van der Waals surface area (Å²) in [6.45, 7) is 1.44. The van der Waals surface area contributed by atoms with E-state index in [2.05, 4.69) is 5.32 Å². The van der Waals surface area contributed by atoms with E-state index in [1.165, 1.54) is 6.92 Å². The third-order valence-electron chi connectivity index (χ3n) is 2.03. The van der Waals surface area contributed by atoms with Crippen LogP contribution < -0.4 is 5.32 Å². The molecule has 0 heterocycles. The smallest absolute Gasteiger partial charge is 0.221 e. The Morgan fingerprint density at radius 1 is 1.31 bits per heavy atom. The molecule has 0 aliphatic carbocycles. The van der Waals surface area contributed by atoms with Crippen LogP contribution in [-0.4, -0.2) is 5.91 Å². The average molecular weight is 213 g/mol. The van der Waals surface area contributed by atoms with E-state index in [9.17, 15) is 4.79 Å². The van der Waals surface area contributed by atoms with Gasteiger partial charge in [-0.25, -0.2) is 0 Å². The van der Waals surface area contributed by atoms with Gasteiger partial charge in [0.05, 0.1) is 12.1 Å². The summed E-state index contributed by atoms with van der Waals surface area (Å²) in [4.78, 5) is 10.8. The van der Waals surface area contributed by atoms with Gasteiger partial charge in [-0.1, -0.05) is 12.1 Å². The van der Waals surface area contributed by atoms with E-state index < -0.39 is 5.92 Å². The van der Waals surface area contributed by atoms with Gasteiger partial charge in [-0.3, -0.25) is 4.79 Å². The summed E-state index contributed by atoms with van der Waals surface area (Å²) in [6.07, 6.45) is 0.410. The summed E-state index contributed by atoms with van der Waals surface area (Å²) in [6, 6.07) is 10.9. The molecule has 0 aliphatic rings. The predicted molar refractivity (Wildman–Crippen MR) is 59.2 cm³/mol. The van der Waals surface area contributed by atoms with Gasteiger partial charge in [0.25, 0.3) is 0 Å². The minimum Gasteiger partial charge on any atom is -0.326 e. The van der Waals surface area contributed by atoms with Crippen LogP contribution in [0.5, 0.6) is 0 Å². The minimum absolute atomic E-state index is 0.125. The second kappa shape index (κ2) is 5.53. The Balaban J connectivity index is 2.69. The second-order valence-electron chi connectivity index (χ2n) is 3.39. The molecule has 0 radical (unpaired) electrons. The second-order valence-corrected chi connectivity index (χ2v) is 3.39. The molecule has 1 aromatic rings. The summed E-state index contributed by atoms with van der Waals surface area (Å²) < 4.78 is 0. The van der Waals surface area contributed by atoms with Gasteiger partial charge in [0, 0.05) is 19.0 Å². The van der Waals surface area contributed by atoms with E-state index in [-0.39, 0.29) is 5.91 Å². The van der Waals surface area contributed by atoms with Crippen molar-refractivity contribution in [1.82, 2.24) is 0 Å². The molecule has 0 aromatic heterocycles. The van der Waals surface area contributed by atoms with Crippen molar-refractivity contribution in [3.63, 3.8) is 0 Å². The first-order valence-corrected chi connectivity index (χ1v) is 4.81. The lowest BCUT2D eigenvalue weighted by atomic mass is 10.0. The predicted octanol–water partition coefficient (Wildman–Crippen LogP) is 1.85. The molecule has 0 unspecified atom stereocenters. The van der Waals surface area contributed by atoms with Crippen LogP contribution >= 0.6 is 0 Å². The highest BCUT2D eigenvalue weighted by molar-refractivity contribution is 5.88. The summed E-state index contributed by atoms with van der Waals surface area (Å²) in [5.41, 5.74) is 1.61. The Labute approximate surface area is 94.1 Å². The zero-order valence-corrected chi connectivity index (χ0v) is 8.90. The van der Waals surface area contributed by atoms with E-state index in [4.69, 9.17) is 10.5 Å². The zero-order chi connectivity index (χ0) is 12.0. The third-order valence-corrected chi connectivity index (χ3v) is 2.03. The van der Waals surface area contributed by atoms with E-state index in [0.717, 1.165) is 5.56 Å². The Morgan fingerprint density at radius 3 is 2.31 bits per heavy atom. The molecule has 80 valence electrons. The minimum atomic E-state index is -0.619. The number of nitrogens with zero attached hydrogens (tertiary/aromatic N) is 2. The molecule has 1 rings (SSSR count). The van der Waals surface area contributed by atoms with Gasteiger partial charge >= 0.3 is 0 Å². The summed E-state index contributed by atoms with van der Waals surface area (Å²) in [5, 5.41) is 19.9. The van der Waals surface area contributed by atoms with E-state index in [1.54, 1.807) is 24.3 Å². The highest BCUT2D eigenvalue weighted by Crippen LogP contribution is 2.12. The van der Waals surface area contributed by atoms with Crippen molar-refractivity contribution in [1.29, 1.82) is 10.5 Å². The third kappa shape index (κ3) is 3.43. The summed E-state index contributed by atoms with van der Waals surface area (Å²) in [5.74, 6) is -0.744. The molecule has 0 saturated carbocycles. The van der Waals surface area contributed by atoms with Gasteiger partial charge in [-0.05, 0) is 17.7 Å². The van der Waals surface area contributed by atoms with Crippen molar-refractivity contribution in [2.24, 2.45) is 5.92 Å². The van der Waals surface area contributed by atoms with Gasteiger partial charge in [-0.2, -0.15) is 10.5 Å². The van der Waals surface area contributed by atoms with Crippen molar-refractivity contribution in [3.05, 3.63) is 29.8 Å². The maximum atomic E-state index is 10.8. The summed E-state index contributed by atoms with van der Waals surface area (Å²) >= 11 is 0. The van der Waals surface area contributed by atoms with E-state index in [0.29, 0.717) is 12.1 Å². The Kier molecular flexibility index (Phi) is 4.06. The molecule has 0 aliphatic heterocycles. The molecule has 4 heteroatoms. The first-order valence-electron chi connectivity index (χ1n) is 4.81. The molecular weight excluding hydrogens is 202 g/mol. The Hall–Kier alpha value is -2.33. The van der Waals surface area contributed by atoms with Crippen molar-refractivity contribution in [2.45, 2.75) is 13.3 Å². The number of rotatable bonds is 3. The quantitative estimate of drug-likeness (QED) is 0.832. The number of anilines is 1. The SMILES string of the molecule is CC(=O)Nc1ccc(CC(C#N)C#N)cc1. The normalized spacial score (nSPS) is 9.25. The number of benzene rings is 1. The first kappa shape index (κ1) is 11.7. The fourth-order valence-electron chi connectivity index (χ4n) is 1.28. The number of carbonyl (C=O) groups is 1. The van der Waals surface area contributed by atoms with Gasteiger partial charge in [-0.15, -0.1) is 0 Å². The molecule has 16 heavy (non-hydrogen) atoms.